The van der Waals surface area contributed by atoms with Gasteiger partial charge in [-0.1, -0.05) is 11.3 Å². The zero-order valence-electron chi connectivity index (χ0n) is 9.81. The molecule has 0 radical (unpaired) electrons. The first-order valence-corrected chi connectivity index (χ1v) is 5.93. The molecule has 1 N–H and O–H groups in total. The molecular formula is C11H12N4OS. The smallest absolute Gasteiger partial charge is 0.223 e. The lowest BCUT2D eigenvalue weighted by Gasteiger charge is -1.97. The molecule has 0 aliphatic heterocycles. The average molecular weight is 248 g/mol. The third-order valence-electron chi connectivity index (χ3n) is 2.09. The largest absolute Gasteiger partial charge is 0.302 e. The summed E-state index contributed by atoms with van der Waals surface area (Å²) in [5.74, 6) is 0.598. The number of aryl methyl sites for hydroxylation is 2. The molecule has 1 amide bonds. The summed E-state index contributed by atoms with van der Waals surface area (Å²) < 4.78 is 0. The second kappa shape index (κ2) is 4.58. The molecule has 0 atom stereocenters. The zero-order valence-corrected chi connectivity index (χ0v) is 10.6. The minimum atomic E-state index is -0.121. The first-order chi connectivity index (χ1) is 8.06. The van der Waals surface area contributed by atoms with Gasteiger partial charge in [-0.2, -0.15) is 0 Å². The van der Waals surface area contributed by atoms with Gasteiger partial charge < -0.3 is 5.32 Å². The summed E-state index contributed by atoms with van der Waals surface area (Å²) in [5.41, 5.74) is 1.70. The van der Waals surface area contributed by atoms with Gasteiger partial charge in [0.2, 0.25) is 5.91 Å². The first-order valence-electron chi connectivity index (χ1n) is 5.11. The Labute approximate surface area is 103 Å². The number of hydrogen-bond donors (Lipinski definition) is 1. The molecule has 17 heavy (non-hydrogen) atoms. The van der Waals surface area contributed by atoms with Crippen LogP contribution < -0.4 is 5.32 Å². The number of anilines is 1. The topological polar surface area (TPSA) is 67.8 Å². The number of nitrogens with one attached hydrogen (secondary N) is 1. The van der Waals surface area contributed by atoms with Gasteiger partial charge in [0.15, 0.2) is 5.13 Å². The van der Waals surface area contributed by atoms with Crippen LogP contribution in [0.3, 0.4) is 0 Å². The minimum absolute atomic E-state index is 0.121. The van der Waals surface area contributed by atoms with E-state index in [2.05, 4.69) is 20.3 Å². The summed E-state index contributed by atoms with van der Waals surface area (Å²) in [5, 5.41) is 3.27. The number of aromatic nitrogens is 3. The number of carbonyl (C=O) groups is 1. The lowest BCUT2D eigenvalue weighted by Crippen LogP contribution is -2.04. The third-order valence-corrected chi connectivity index (χ3v) is 3.18. The van der Waals surface area contributed by atoms with E-state index in [1.54, 1.807) is 6.20 Å². The lowest BCUT2D eigenvalue weighted by atomic mass is 10.3. The molecule has 0 aromatic carbocycles. The molecule has 0 saturated heterocycles. The third kappa shape index (κ3) is 2.65. The van der Waals surface area contributed by atoms with Gasteiger partial charge in [0.25, 0.3) is 0 Å². The van der Waals surface area contributed by atoms with Gasteiger partial charge in [0.1, 0.15) is 5.82 Å². The molecule has 0 spiro atoms. The van der Waals surface area contributed by atoms with Crippen molar-refractivity contribution < 1.29 is 4.79 Å². The maximum atomic E-state index is 11.0. The van der Waals surface area contributed by atoms with Crippen LogP contribution in [0.4, 0.5) is 5.13 Å². The van der Waals surface area contributed by atoms with Gasteiger partial charge in [-0.3, -0.25) is 4.79 Å². The summed E-state index contributed by atoms with van der Waals surface area (Å²) in [6.07, 6.45) is 1.72. The van der Waals surface area contributed by atoms with Gasteiger partial charge in [0.05, 0.1) is 16.3 Å². The summed E-state index contributed by atoms with van der Waals surface area (Å²) in [4.78, 5) is 24.6. The molecule has 2 aromatic heterocycles. The van der Waals surface area contributed by atoms with Crippen LogP contribution in [-0.4, -0.2) is 20.9 Å². The van der Waals surface area contributed by atoms with Crippen molar-refractivity contribution in [3.05, 3.63) is 23.8 Å². The Hall–Kier alpha value is -1.82. The molecule has 0 fully saturated rings. The normalized spacial score (nSPS) is 10.3. The predicted molar refractivity (Wildman–Crippen MR) is 66.9 cm³/mol. The molecule has 88 valence electrons. The van der Waals surface area contributed by atoms with Crippen molar-refractivity contribution in [3.63, 3.8) is 0 Å². The highest BCUT2D eigenvalue weighted by Crippen LogP contribution is 2.31. The highest BCUT2D eigenvalue weighted by Gasteiger charge is 2.11. The maximum absolute atomic E-state index is 11.0. The van der Waals surface area contributed by atoms with Crippen molar-refractivity contribution >= 4 is 22.4 Å². The van der Waals surface area contributed by atoms with Gasteiger partial charge in [-0.15, -0.1) is 0 Å². The van der Waals surface area contributed by atoms with E-state index in [-0.39, 0.29) is 5.91 Å². The molecular weight excluding hydrogens is 236 g/mol. The fraction of sp³-hybridized carbons (Fsp3) is 0.273. The van der Waals surface area contributed by atoms with Crippen molar-refractivity contribution in [2.75, 3.05) is 5.32 Å². The maximum Gasteiger partial charge on any atom is 0.223 e. The molecule has 2 rings (SSSR count). The van der Waals surface area contributed by atoms with Gasteiger partial charge in [0, 0.05) is 13.1 Å². The molecule has 0 saturated carbocycles. The van der Waals surface area contributed by atoms with Crippen LogP contribution >= 0.6 is 11.3 Å². The van der Waals surface area contributed by atoms with E-state index < -0.39 is 0 Å². The Morgan fingerprint density at radius 2 is 2.12 bits per heavy atom. The van der Waals surface area contributed by atoms with Crippen LogP contribution in [0.15, 0.2) is 12.3 Å². The molecule has 2 aromatic rings. The fourth-order valence-electron chi connectivity index (χ4n) is 1.42. The van der Waals surface area contributed by atoms with Gasteiger partial charge >= 0.3 is 0 Å². The summed E-state index contributed by atoms with van der Waals surface area (Å²) in [7, 11) is 0. The molecule has 0 aliphatic carbocycles. The Bertz CT molecular complexity index is 564. The zero-order chi connectivity index (χ0) is 12.4. The molecule has 5 nitrogen and oxygen atoms in total. The molecule has 2 heterocycles. The van der Waals surface area contributed by atoms with E-state index in [9.17, 15) is 4.79 Å². The predicted octanol–water partition coefficient (Wildman–Crippen LogP) is 2.18. The Kier molecular flexibility index (Phi) is 3.14. The number of rotatable bonds is 2. The minimum Gasteiger partial charge on any atom is -0.302 e. The summed E-state index contributed by atoms with van der Waals surface area (Å²) >= 11 is 1.42. The van der Waals surface area contributed by atoms with Crippen molar-refractivity contribution in [1.82, 2.24) is 15.0 Å². The monoisotopic (exact) mass is 248 g/mol. The molecule has 0 aliphatic rings. The van der Waals surface area contributed by atoms with Crippen LogP contribution in [0.5, 0.6) is 0 Å². The SMILES string of the molecule is CC(=O)Nc1nc(C)c(-c2ccnc(C)n2)s1. The van der Waals surface area contributed by atoms with Crippen LogP contribution in [0, 0.1) is 13.8 Å². The number of thiazole rings is 1. The Morgan fingerprint density at radius 3 is 2.76 bits per heavy atom. The van der Waals surface area contributed by atoms with Crippen molar-refractivity contribution in [2.45, 2.75) is 20.8 Å². The Morgan fingerprint density at radius 1 is 1.35 bits per heavy atom. The van der Waals surface area contributed by atoms with E-state index in [4.69, 9.17) is 0 Å². The summed E-state index contributed by atoms with van der Waals surface area (Å²) in [6, 6.07) is 1.84. The number of nitrogens with zero attached hydrogens (tertiary/aromatic N) is 3. The van der Waals surface area contributed by atoms with Gasteiger partial charge in [-0.05, 0) is 19.9 Å². The first kappa shape index (κ1) is 11.7. The van der Waals surface area contributed by atoms with Crippen molar-refractivity contribution in [1.29, 1.82) is 0 Å². The highest BCUT2D eigenvalue weighted by atomic mass is 32.1. The number of carbonyl (C=O) groups excluding carboxylic acids is 1. The lowest BCUT2D eigenvalue weighted by molar-refractivity contribution is -0.114. The van der Waals surface area contributed by atoms with Crippen LogP contribution in [-0.2, 0) is 4.79 Å². The van der Waals surface area contributed by atoms with E-state index >= 15 is 0 Å². The van der Waals surface area contributed by atoms with Crippen molar-refractivity contribution in [2.24, 2.45) is 0 Å². The second-order valence-corrected chi connectivity index (χ2v) is 4.60. The van der Waals surface area contributed by atoms with E-state index in [1.807, 2.05) is 19.9 Å². The number of amides is 1. The highest BCUT2D eigenvalue weighted by molar-refractivity contribution is 7.19. The fourth-order valence-corrected chi connectivity index (χ4v) is 2.40. The van der Waals surface area contributed by atoms with Crippen LogP contribution in [0.1, 0.15) is 18.4 Å². The summed E-state index contributed by atoms with van der Waals surface area (Å²) in [6.45, 7) is 5.20. The quantitative estimate of drug-likeness (QED) is 0.884. The molecule has 0 bridgehead atoms. The standard InChI is InChI=1S/C11H12N4OS/c1-6-10(9-4-5-12-7(2)14-9)17-11(13-6)15-8(3)16/h4-5H,1-3H3,(H,13,15,16). The second-order valence-electron chi connectivity index (χ2n) is 3.60. The number of hydrogen-bond acceptors (Lipinski definition) is 5. The van der Waals surface area contributed by atoms with Crippen molar-refractivity contribution in [3.8, 4) is 10.6 Å². The van der Waals surface area contributed by atoms with E-state index in [0.29, 0.717) is 5.13 Å². The van der Waals surface area contributed by atoms with E-state index in [0.717, 1.165) is 22.1 Å². The van der Waals surface area contributed by atoms with Crippen LogP contribution in [0.25, 0.3) is 10.6 Å². The average Bonchev–Trinajstić information content (AvgIpc) is 2.58. The van der Waals surface area contributed by atoms with Gasteiger partial charge in [-0.25, -0.2) is 15.0 Å². The van der Waals surface area contributed by atoms with Crippen LogP contribution in [0.2, 0.25) is 0 Å². The van der Waals surface area contributed by atoms with E-state index in [1.165, 1.54) is 18.3 Å². The Balaban J connectivity index is 2.39. The molecule has 6 heteroatoms. The molecule has 0 unspecified atom stereocenters.